The standard InChI is InChI=1S/C17H26F3N3O.HI/c1-3-21-16(22-11-5-4-6-12-24-2)23-13-14-7-9-15(10-8-14)17(18,19)20;/h7-10H,3-6,11-13H2,1-2H3,(H2,21,22,23);1H. The van der Waals surface area contributed by atoms with Crippen molar-refractivity contribution in [3.05, 3.63) is 35.4 Å². The lowest BCUT2D eigenvalue weighted by Crippen LogP contribution is -2.37. The molecule has 0 fully saturated rings. The van der Waals surface area contributed by atoms with E-state index in [1.54, 1.807) is 7.11 Å². The fraction of sp³-hybridized carbons (Fsp3) is 0.588. The molecule has 4 nitrogen and oxygen atoms in total. The fourth-order valence-corrected chi connectivity index (χ4v) is 2.07. The highest BCUT2D eigenvalue weighted by molar-refractivity contribution is 14.0. The summed E-state index contributed by atoms with van der Waals surface area (Å²) in [5, 5.41) is 6.35. The quantitative estimate of drug-likeness (QED) is 0.245. The van der Waals surface area contributed by atoms with E-state index in [1.165, 1.54) is 12.1 Å². The molecule has 0 spiro atoms. The van der Waals surface area contributed by atoms with Crippen molar-refractivity contribution in [2.24, 2.45) is 4.99 Å². The molecule has 0 aliphatic rings. The van der Waals surface area contributed by atoms with Gasteiger partial charge in [-0.05, 0) is 43.9 Å². The van der Waals surface area contributed by atoms with E-state index in [2.05, 4.69) is 15.6 Å². The number of alkyl halides is 3. The van der Waals surface area contributed by atoms with Crippen LogP contribution < -0.4 is 10.6 Å². The van der Waals surface area contributed by atoms with Gasteiger partial charge in [0.15, 0.2) is 5.96 Å². The molecule has 0 aliphatic heterocycles. The third-order valence-corrected chi connectivity index (χ3v) is 3.36. The molecule has 1 aromatic carbocycles. The van der Waals surface area contributed by atoms with Crippen molar-refractivity contribution in [1.29, 1.82) is 0 Å². The number of halogens is 4. The van der Waals surface area contributed by atoms with Crippen molar-refractivity contribution >= 4 is 29.9 Å². The van der Waals surface area contributed by atoms with E-state index in [0.717, 1.165) is 56.7 Å². The molecule has 0 unspecified atom stereocenters. The topological polar surface area (TPSA) is 45.7 Å². The second-order valence-corrected chi connectivity index (χ2v) is 5.37. The largest absolute Gasteiger partial charge is 0.416 e. The number of hydrogen-bond donors (Lipinski definition) is 2. The van der Waals surface area contributed by atoms with Crippen LogP contribution in [0.25, 0.3) is 0 Å². The summed E-state index contributed by atoms with van der Waals surface area (Å²) in [6.07, 6.45) is -1.20. The van der Waals surface area contributed by atoms with Gasteiger partial charge >= 0.3 is 6.18 Å². The summed E-state index contributed by atoms with van der Waals surface area (Å²) in [4.78, 5) is 4.40. The van der Waals surface area contributed by atoms with Crippen LogP contribution in [0.4, 0.5) is 13.2 Å². The number of methoxy groups -OCH3 is 1. The second kappa shape index (κ2) is 13.2. The van der Waals surface area contributed by atoms with Crippen molar-refractivity contribution in [3.8, 4) is 0 Å². The van der Waals surface area contributed by atoms with E-state index >= 15 is 0 Å². The minimum absolute atomic E-state index is 0. The zero-order chi connectivity index (χ0) is 17.8. The monoisotopic (exact) mass is 473 g/mol. The third-order valence-electron chi connectivity index (χ3n) is 3.36. The molecule has 0 radical (unpaired) electrons. The Bertz CT molecular complexity index is 493. The van der Waals surface area contributed by atoms with Crippen LogP contribution in [0.3, 0.4) is 0 Å². The lowest BCUT2D eigenvalue weighted by molar-refractivity contribution is -0.137. The van der Waals surface area contributed by atoms with Crippen LogP contribution in [0.5, 0.6) is 0 Å². The minimum Gasteiger partial charge on any atom is -0.385 e. The Morgan fingerprint density at radius 2 is 1.76 bits per heavy atom. The van der Waals surface area contributed by atoms with Crippen molar-refractivity contribution in [2.45, 2.75) is 38.9 Å². The average Bonchev–Trinajstić information content (AvgIpc) is 2.55. The van der Waals surface area contributed by atoms with Crippen molar-refractivity contribution in [2.75, 3.05) is 26.8 Å². The summed E-state index contributed by atoms with van der Waals surface area (Å²) in [5.41, 5.74) is 0.0941. The molecule has 8 heteroatoms. The number of aliphatic imine (C=N–C) groups is 1. The maximum atomic E-state index is 12.5. The Balaban J connectivity index is 0.00000576. The molecule has 0 amide bonds. The summed E-state index contributed by atoms with van der Waals surface area (Å²) in [6.45, 7) is 4.58. The maximum Gasteiger partial charge on any atom is 0.416 e. The molecule has 0 atom stereocenters. The van der Waals surface area contributed by atoms with Gasteiger partial charge in [0.2, 0.25) is 0 Å². The Morgan fingerprint density at radius 1 is 1.08 bits per heavy atom. The van der Waals surface area contributed by atoms with Crippen molar-refractivity contribution in [3.63, 3.8) is 0 Å². The number of unbranched alkanes of at least 4 members (excludes halogenated alkanes) is 2. The van der Waals surface area contributed by atoms with E-state index < -0.39 is 11.7 Å². The SMILES string of the molecule is CCNC(=NCc1ccc(C(F)(F)F)cc1)NCCCCCOC.I. The van der Waals surface area contributed by atoms with E-state index in [-0.39, 0.29) is 24.0 Å². The predicted molar refractivity (Wildman–Crippen MR) is 105 cm³/mol. The van der Waals surface area contributed by atoms with Gasteiger partial charge in [0.1, 0.15) is 0 Å². The molecule has 0 heterocycles. The number of ether oxygens (including phenoxy) is 1. The first-order chi connectivity index (χ1) is 11.5. The summed E-state index contributed by atoms with van der Waals surface area (Å²) in [5.74, 6) is 0.670. The van der Waals surface area contributed by atoms with Crippen LogP contribution in [-0.2, 0) is 17.5 Å². The van der Waals surface area contributed by atoms with Crippen LogP contribution in [0, 0.1) is 0 Å². The van der Waals surface area contributed by atoms with Gasteiger partial charge in [-0.25, -0.2) is 4.99 Å². The van der Waals surface area contributed by atoms with Crippen molar-refractivity contribution < 1.29 is 17.9 Å². The molecule has 0 aromatic heterocycles. The Morgan fingerprint density at radius 3 is 2.32 bits per heavy atom. The number of rotatable bonds is 9. The number of benzene rings is 1. The van der Waals surface area contributed by atoms with Crippen LogP contribution in [0.1, 0.15) is 37.3 Å². The van der Waals surface area contributed by atoms with Crippen LogP contribution >= 0.6 is 24.0 Å². The molecule has 2 N–H and O–H groups in total. The molecule has 1 aromatic rings. The predicted octanol–water partition coefficient (Wildman–Crippen LogP) is 4.20. The smallest absolute Gasteiger partial charge is 0.385 e. The molecule has 1 rings (SSSR count). The normalized spacial score (nSPS) is 11.8. The van der Waals surface area contributed by atoms with Gasteiger partial charge in [-0.2, -0.15) is 13.2 Å². The van der Waals surface area contributed by atoms with Gasteiger partial charge in [-0.1, -0.05) is 12.1 Å². The first-order valence-electron chi connectivity index (χ1n) is 8.14. The van der Waals surface area contributed by atoms with Gasteiger partial charge in [0.25, 0.3) is 0 Å². The van der Waals surface area contributed by atoms with Crippen LogP contribution in [0.2, 0.25) is 0 Å². The molecule has 0 aliphatic carbocycles. The molecular formula is C17H27F3IN3O. The molecule has 25 heavy (non-hydrogen) atoms. The third kappa shape index (κ3) is 10.5. The van der Waals surface area contributed by atoms with E-state index in [9.17, 15) is 13.2 Å². The van der Waals surface area contributed by atoms with Gasteiger partial charge in [-0.3, -0.25) is 0 Å². The first kappa shape index (κ1) is 24.0. The first-order valence-corrected chi connectivity index (χ1v) is 8.14. The highest BCUT2D eigenvalue weighted by Crippen LogP contribution is 2.29. The summed E-state index contributed by atoms with van der Waals surface area (Å²) in [6, 6.07) is 5.09. The Kier molecular flexibility index (Phi) is 12.7. The summed E-state index contributed by atoms with van der Waals surface area (Å²) < 4.78 is 42.6. The molecule has 144 valence electrons. The number of nitrogens with zero attached hydrogens (tertiary/aromatic N) is 1. The van der Waals surface area contributed by atoms with Gasteiger partial charge in [0, 0.05) is 26.8 Å². The zero-order valence-electron chi connectivity index (χ0n) is 14.7. The van der Waals surface area contributed by atoms with Gasteiger partial charge in [0.05, 0.1) is 12.1 Å². The van der Waals surface area contributed by atoms with Gasteiger partial charge < -0.3 is 15.4 Å². The highest BCUT2D eigenvalue weighted by atomic mass is 127. The molecule has 0 saturated heterocycles. The number of nitrogens with one attached hydrogen (secondary N) is 2. The zero-order valence-corrected chi connectivity index (χ0v) is 17.0. The lowest BCUT2D eigenvalue weighted by Gasteiger charge is -2.11. The number of hydrogen-bond acceptors (Lipinski definition) is 2. The second-order valence-electron chi connectivity index (χ2n) is 5.37. The van der Waals surface area contributed by atoms with Gasteiger partial charge in [-0.15, -0.1) is 24.0 Å². The van der Waals surface area contributed by atoms with E-state index in [0.29, 0.717) is 12.5 Å². The van der Waals surface area contributed by atoms with Crippen LogP contribution in [0.15, 0.2) is 29.3 Å². The van der Waals surface area contributed by atoms with Crippen molar-refractivity contribution in [1.82, 2.24) is 10.6 Å². The van der Waals surface area contributed by atoms with E-state index in [1.807, 2.05) is 6.92 Å². The Labute approximate surface area is 164 Å². The highest BCUT2D eigenvalue weighted by Gasteiger charge is 2.29. The summed E-state index contributed by atoms with van der Waals surface area (Å²) >= 11 is 0. The lowest BCUT2D eigenvalue weighted by atomic mass is 10.1. The summed E-state index contributed by atoms with van der Waals surface area (Å²) in [7, 11) is 1.69. The molecular weight excluding hydrogens is 446 g/mol. The Hall–Kier alpha value is -1.03. The fourth-order valence-electron chi connectivity index (χ4n) is 2.07. The maximum absolute atomic E-state index is 12.5. The minimum atomic E-state index is -4.30. The van der Waals surface area contributed by atoms with Crippen LogP contribution in [-0.4, -0.2) is 32.8 Å². The average molecular weight is 473 g/mol. The van der Waals surface area contributed by atoms with E-state index in [4.69, 9.17) is 4.74 Å². The molecule has 0 saturated carbocycles. The number of guanidine groups is 1. The molecule has 0 bridgehead atoms.